The number of likely N-dealkylation sites (tertiary alicyclic amines) is 1. The first-order valence-corrected chi connectivity index (χ1v) is 6.34. The van der Waals surface area contributed by atoms with Crippen molar-refractivity contribution in [1.29, 1.82) is 0 Å². The van der Waals surface area contributed by atoms with Crippen LogP contribution in [0.5, 0.6) is 0 Å². The molecule has 1 aliphatic rings. The van der Waals surface area contributed by atoms with E-state index in [9.17, 15) is 0 Å². The molecule has 1 rings (SSSR count). The molecular formula is C13H27N3. The Morgan fingerprint density at radius 2 is 2.00 bits per heavy atom. The highest BCUT2D eigenvalue weighted by atomic mass is 15.3. The first kappa shape index (κ1) is 13.7. The van der Waals surface area contributed by atoms with Gasteiger partial charge in [-0.1, -0.05) is 5.57 Å². The van der Waals surface area contributed by atoms with Gasteiger partial charge in [-0.3, -0.25) is 16.2 Å². The molecule has 0 bridgehead atoms. The fraction of sp³-hybridized carbons (Fsp3) is 0.846. The summed E-state index contributed by atoms with van der Waals surface area (Å²) in [7, 11) is 0. The first-order valence-electron chi connectivity index (χ1n) is 6.34. The molecular weight excluding hydrogens is 198 g/mol. The van der Waals surface area contributed by atoms with E-state index in [1.807, 2.05) is 0 Å². The van der Waals surface area contributed by atoms with E-state index in [-0.39, 0.29) is 5.54 Å². The third-order valence-electron chi connectivity index (χ3n) is 3.83. The average Bonchev–Trinajstić information content (AvgIpc) is 2.70. The molecule has 0 aliphatic carbocycles. The van der Waals surface area contributed by atoms with Crippen LogP contribution >= 0.6 is 0 Å². The maximum Gasteiger partial charge on any atom is 0.0392 e. The Balaban J connectivity index is 2.57. The summed E-state index contributed by atoms with van der Waals surface area (Å²) in [5, 5.41) is 0. The second kappa shape index (κ2) is 5.80. The van der Waals surface area contributed by atoms with E-state index < -0.39 is 0 Å². The summed E-state index contributed by atoms with van der Waals surface area (Å²) in [5.74, 6) is 5.71. The molecule has 3 nitrogen and oxygen atoms in total. The zero-order valence-corrected chi connectivity index (χ0v) is 11.1. The Morgan fingerprint density at radius 3 is 2.44 bits per heavy atom. The monoisotopic (exact) mass is 225 g/mol. The van der Waals surface area contributed by atoms with Crippen LogP contribution in [0.15, 0.2) is 12.2 Å². The maximum atomic E-state index is 5.71. The Hall–Kier alpha value is -0.380. The molecule has 0 radical (unpaired) electrons. The molecule has 1 atom stereocenters. The minimum Gasteiger partial charge on any atom is -0.297 e. The smallest absolute Gasteiger partial charge is 0.0392 e. The molecule has 0 spiro atoms. The number of hydrazine groups is 1. The zero-order chi connectivity index (χ0) is 12.2. The van der Waals surface area contributed by atoms with Crippen LogP contribution in [0, 0.1) is 0 Å². The number of nitrogens with zero attached hydrogens (tertiary/aromatic N) is 1. The number of allylic oxidation sites excluding steroid dienone is 1. The number of hydrogen-bond acceptors (Lipinski definition) is 3. The molecule has 1 saturated heterocycles. The lowest BCUT2D eigenvalue weighted by atomic mass is 9.88. The highest BCUT2D eigenvalue weighted by Gasteiger charge is 2.35. The van der Waals surface area contributed by atoms with E-state index in [0.717, 1.165) is 12.8 Å². The lowest BCUT2D eigenvalue weighted by molar-refractivity contribution is 0.103. The SMILES string of the molecule is C=C(C)CCC(NN)C(C)(C)N1CCCC1. The molecule has 0 aromatic carbocycles. The standard InChI is InChI=1S/C13H27N3/c1-11(2)7-8-12(15-14)13(3,4)16-9-5-6-10-16/h12,15H,1,5-10,14H2,2-4H3. The largest absolute Gasteiger partial charge is 0.297 e. The van der Waals surface area contributed by atoms with Crippen LogP contribution in [0.2, 0.25) is 0 Å². The Morgan fingerprint density at radius 1 is 1.44 bits per heavy atom. The van der Waals surface area contributed by atoms with Gasteiger partial charge in [0.05, 0.1) is 0 Å². The predicted molar refractivity (Wildman–Crippen MR) is 70.0 cm³/mol. The van der Waals surface area contributed by atoms with Gasteiger partial charge in [0.25, 0.3) is 0 Å². The molecule has 1 unspecified atom stereocenters. The van der Waals surface area contributed by atoms with Gasteiger partial charge >= 0.3 is 0 Å². The average molecular weight is 225 g/mol. The van der Waals surface area contributed by atoms with Crippen LogP contribution in [0.3, 0.4) is 0 Å². The lowest BCUT2D eigenvalue weighted by Gasteiger charge is -2.42. The van der Waals surface area contributed by atoms with Gasteiger partial charge in [-0.15, -0.1) is 6.58 Å². The van der Waals surface area contributed by atoms with Crippen molar-refractivity contribution < 1.29 is 0 Å². The first-order chi connectivity index (χ1) is 7.48. The third-order valence-corrected chi connectivity index (χ3v) is 3.83. The topological polar surface area (TPSA) is 41.3 Å². The molecule has 0 saturated carbocycles. The van der Waals surface area contributed by atoms with Gasteiger partial charge in [-0.25, -0.2) is 0 Å². The molecule has 16 heavy (non-hydrogen) atoms. The van der Waals surface area contributed by atoms with E-state index in [2.05, 4.69) is 37.7 Å². The Bertz CT molecular complexity index is 229. The van der Waals surface area contributed by atoms with Crippen molar-refractivity contribution in [3.8, 4) is 0 Å². The summed E-state index contributed by atoms with van der Waals surface area (Å²) < 4.78 is 0. The molecule has 1 heterocycles. The van der Waals surface area contributed by atoms with E-state index in [1.165, 1.54) is 31.5 Å². The van der Waals surface area contributed by atoms with E-state index in [1.54, 1.807) is 0 Å². The minimum absolute atomic E-state index is 0.140. The number of rotatable bonds is 6. The minimum atomic E-state index is 0.140. The quantitative estimate of drug-likeness (QED) is 0.413. The van der Waals surface area contributed by atoms with Crippen LogP contribution < -0.4 is 11.3 Å². The summed E-state index contributed by atoms with van der Waals surface area (Å²) in [5.41, 5.74) is 4.37. The molecule has 0 aromatic heterocycles. The Labute approximate surface area is 100 Å². The molecule has 3 heteroatoms. The fourth-order valence-corrected chi connectivity index (χ4v) is 2.55. The number of nitrogens with two attached hydrogens (primary N) is 1. The molecule has 1 fully saturated rings. The van der Waals surface area contributed by atoms with Gasteiger partial charge in [-0.05, 0) is 59.5 Å². The summed E-state index contributed by atoms with van der Waals surface area (Å²) in [6.07, 6.45) is 4.75. The van der Waals surface area contributed by atoms with Crippen molar-refractivity contribution >= 4 is 0 Å². The van der Waals surface area contributed by atoms with Crippen molar-refractivity contribution in [2.75, 3.05) is 13.1 Å². The molecule has 0 aromatic rings. The number of nitrogens with one attached hydrogen (secondary N) is 1. The predicted octanol–water partition coefficient (Wildman–Crippen LogP) is 2.05. The lowest BCUT2D eigenvalue weighted by Crippen LogP contribution is -2.58. The van der Waals surface area contributed by atoms with E-state index in [0.29, 0.717) is 6.04 Å². The zero-order valence-electron chi connectivity index (χ0n) is 11.1. The highest BCUT2D eigenvalue weighted by Crippen LogP contribution is 2.26. The van der Waals surface area contributed by atoms with Crippen molar-refractivity contribution in [2.45, 2.75) is 58.0 Å². The maximum absolute atomic E-state index is 5.71. The van der Waals surface area contributed by atoms with Crippen molar-refractivity contribution in [3.63, 3.8) is 0 Å². The van der Waals surface area contributed by atoms with E-state index >= 15 is 0 Å². The second-order valence-corrected chi connectivity index (χ2v) is 5.56. The van der Waals surface area contributed by atoms with Crippen molar-refractivity contribution in [1.82, 2.24) is 10.3 Å². The van der Waals surface area contributed by atoms with Gasteiger partial charge < -0.3 is 0 Å². The fourth-order valence-electron chi connectivity index (χ4n) is 2.55. The summed E-state index contributed by atoms with van der Waals surface area (Å²) in [6, 6.07) is 0.335. The summed E-state index contributed by atoms with van der Waals surface area (Å²) in [6.45, 7) is 13.0. The van der Waals surface area contributed by atoms with Crippen LogP contribution in [0.1, 0.15) is 46.5 Å². The van der Waals surface area contributed by atoms with Gasteiger partial charge in [0.1, 0.15) is 0 Å². The normalized spacial score (nSPS) is 20.0. The van der Waals surface area contributed by atoms with Gasteiger partial charge in [-0.2, -0.15) is 0 Å². The van der Waals surface area contributed by atoms with E-state index in [4.69, 9.17) is 5.84 Å². The molecule has 1 aliphatic heterocycles. The molecule has 0 amide bonds. The van der Waals surface area contributed by atoms with Crippen LogP contribution in [0.4, 0.5) is 0 Å². The van der Waals surface area contributed by atoms with Gasteiger partial charge in [0.15, 0.2) is 0 Å². The molecule has 94 valence electrons. The highest BCUT2D eigenvalue weighted by molar-refractivity contribution is 4.97. The molecule has 3 N–H and O–H groups in total. The number of hydrogen-bond donors (Lipinski definition) is 2. The third kappa shape index (κ3) is 3.30. The van der Waals surface area contributed by atoms with Crippen LogP contribution in [-0.4, -0.2) is 29.6 Å². The van der Waals surface area contributed by atoms with Crippen LogP contribution in [-0.2, 0) is 0 Å². The van der Waals surface area contributed by atoms with Crippen molar-refractivity contribution in [3.05, 3.63) is 12.2 Å². The van der Waals surface area contributed by atoms with Gasteiger partial charge in [0.2, 0.25) is 0 Å². The summed E-state index contributed by atoms with van der Waals surface area (Å²) >= 11 is 0. The Kier molecular flexibility index (Phi) is 4.96. The van der Waals surface area contributed by atoms with Crippen LogP contribution in [0.25, 0.3) is 0 Å². The summed E-state index contributed by atoms with van der Waals surface area (Å²) in [4.78, 5) is 2.55. The van der Waals surface area contributed by atoms with Crippen molar-refractivity contribution in [2.24, 2.45) is 5.84 Å². The van der Waals surface area contributed by atoms with Gasteiger partial charge in [0, 0.05) is 11.6 Å². The second-order valence-electron chi connectivity index (χ2n) is 5.56.